The van der Waals surface area contributed by atoms with Crippen LogP contribution in [0.5, 0.6) is 0 Å². The van der Waals surface area contributed by atoms with Crippen LogP contribution in [0.3, 0.4) is 0 Å². The Morgan fingerprint density at radius 3 is 3.19 bits per heavy atom. The molecule has 0 aromatic carbocycles. The van der Waals surface area contributed by atoms with Crippen molar-refractivity contribution in [3.05, 3.63) is 34.7 Å². The lowest BCUT2D eigenvalue weighted by Gasteiger charge is -2.31. The number of piperidine rings is 1. The van der Waals surface area contributed by atoms with E-state index in [0.717, 1.165) is 48.3 Å². The molecule has 2 aromatic heterocycles. The maximum absolute atomic E-state index is 10.7. The van der Waals surface area contributed by atoms with Crippen molar-refractivity contribution in [3.8, 4) is 0 Å². The van der Waals surface area contributed by atoms with Gasteiger partial charge in [0.15, 0.2) is 5.65 Å². The molecule has 1 atom stereocenters. The number of likely N-dealkylation sites (tertiary alicyclic amines) is 1. The summed E-state index contributed by atoms with van der Waals surface area (Å²) in [5.41, 5.74) is 1.91. The lowest BCUT2D eigenvalue weighted by molar-refractivity contribution is 0.159. The number of amides is 1. The number of aromatic nitrogens is 2. The summed E-state index contributed by atoms with van der Waals surface area (Å²) < 4.78 is 2.97. The van der Waals surface area contributed by atoms with Crippen LogP contribution in [0.4, 0.5) is 4.79 Å². The molecule has 0 unspecified atom stereocenters. The number of fused-ring (bicyclic) bond motifs is 1. The molecule has 2 N–H and O–H groups in total. The largest absolute Gasteiger partial charge is 0.465 e. The zero-order valence-electron chi connectivity index (χ0n) is 11.5. The van der Waals surface area contributed by atoms with Gasteiger partial charge in [0, 0.05) is 31.5 Å². The number of pyridine rings is 1. The minimum Gasteiger partial charge on any atom is -0.465 e. The highest BCUT2D eigenvalue weighted by molar-refractivity contribution is 9.10. The molecule has 112 valence electrons. The highest BCUT2D eigenvalue weighted by atomic mass is 79.9. The molecule has 1 fully saturated rings. The maximum atomic E-state index is 10.7. The van der Waals surface area contributed by atoms with Crippen LogP contribution in [0, 0.1) is 0 Å². The summed E-state index contributed by atoms with van der Waals surface area (Å²) in [6.07, 6.45) is 4.95. The zero-order valence-corrected chi connectivity index (χ0v) is 13.1. The third-order valence-electron chi connectivity index (χ3n) is 3.70. The number of carbonyl (C=O) groups is 1. The quantitative estimate of drug-likeness (QED) is 0.889. The molecule has 3 rings (SSSR count). The number of nitrogens with one attached hydrogen (secondary N) is 1. The van der Waals surface area contributed by atoms with E-state index in [1.54, 1.807) is 0 Å². The second kappa shape index (κ2) is 6.03. The molecular weight excluding hydrogens is 336 g/mol. The van der Waals surface area contributed by atoms with E-state index in [9.17, 15) is 4.79 Å². The minimum absolute atomic E-state index is 0.0139. The van der Waals surface area contributed by atoms with Crippen molar-refractivity contribution in [3.63, 3.8) is 0 Å². The summed E-state index contributed by atoms with van der Waals surface area (Å²) >= 11 is 3.50. The summed E-state index contributed by atoms with van der Waals surface area (Å²) in [6, 6.07) is 3.95. The average molecular weight is 353 g/mol. The monoisotopic (exact) mass is 352 g/mol. The molecule has 0 radical (unpaired) electrons. The van der Waals surface area contributed by atoms with Crippen molar-refractivity contribution in [1.29, 1.82) is 0 Å². The SMILES string of the molecule is O=C(O)N[C@@H]1CCCN(Cc2cn3cccc(Br)c3n2)C1. The molecule has 0 bridgehead atoms. The lowest BCUT2D eigenvalue weighted by Crippen LogP contribution is -2.46. The first kappa shape index (κ1) is 14.3. The van der Waals surface area contributed by atoms with E-state index >= 15 is 0 Å². The highest BCUT2D eigenvalue weighted by Gasteiger charge is 2.21. The van der Waals surface area contributed by atoms with Gasteiger partial charge < -0.3 is 14.8 Å². The van der Waals surface area contributed by atoms with Gasteiger partial charge in [-0.15, -0.1) is 0 Å². The van der Waals surface area contributed by atoms with Crippen LogP contribution in [0.15, 0.2) is 29.0 Å². The molecule has 1 aliphatic rings. The number of rotatable bonds is 3. The normalized spacial score (nSPS) is 19.8. The van der Waals surface area contributed by atoms with Gasteiger partial charge >= 0.3 is 6.09 Å². The predicted molar refractivity (Wildman–Crippen MR) is 82.4 cm³/mol. The van der Waals surface area contributed by atoms with Crippen LogP contribution in [0.2, 0.25) is 0 Å². The first-order valence-corrected chi connectivity index (χ1v) is 7.75. The topological polar surface area (TPSA) is 69.9 Å². The van der Waals surface area contributed by atoms with Gasteiger partial charge in [-0.25, -0.2) is 9.78 Å². The Morgan fingerprint density at radius 2 is 2.43 bits per heavy atom. The van der Waals surface area contributed by atoms with Crippen LogP contribution < -0.4 is 5.32 Å². The summed E-state index contributed by atoms with van der Waals surface area (Å²) in [4.78, 5) is 17.6. The van der Waals surface area contributed by atoms with Crippen LogP contribution in [0.25, 0.3) is 5.65 Å². The van der Waals surface area contributed by atoms with Crippen molar-refractivity contribution in [2.45, 2.75) is 25.4 Å². The minimum atomic E-state index is -0.946. The van der Waals surface area contributed by atoms with Crippen molar-refractivity contribution in [2.24, 2.45) is 0 Å². The molecule has 0 aliphatic carbocycles. The van der Waals surface area contributed by atoms with E-state index < -0.39 is 6.09 Å². The summed E-state index contributed by atoms with van der Waals surface area (Å²) in [5, 5.41) is 11.4. The van der Waals surface area contributed by atoms with Gasteiger partial charge in [-0.2, -0.15) is 0 Å². The van der Waals surface area contributed by atoms with Gasteiger partial charge in [-0.05, 0) is 47.4 Å². The number of halogens is 1. The Labute approximate surface area is 130 Å². The molecule has 0 spiro atoms. The zero-order chi connectivity index (χ0) is 14.8. The fourth-order valence-electron chi connectivity index (χ4n) is 2.83. The van der Waals surface area contributed by atoms with Gasteiger partial charge in [0.2, 0.25) is 0 Å². The number of hydrogen-bond donors (Lipinski definition) is 2. The van der Waals surface area contributed by atoms with E-state index in [0.29, 0.717) is 0 Å². The molecule has 1 saturated heterocycles. The van der Waals surface area contributed by atoms with Crippen LogP contribution in [-0.4, -0.2) is 44.6 Å². The van der Waals surface area contributed by atoms with Gasteiger partial charge in [0.05, 0.1) is 10.2 Å². The van der Waals surface area contributed by atoms with Gasteiger partial charge in [-0.3, -0.25) is 4.90 Å². The van der Waals surface area contributed by atoms with Crippen LogP contribution in [-0.2, 0) is 6.54 Å². The van der Waals surface area contributed by atoms with Gasteiger partial charge in [0.1, 0.15) is 0 Å². The predicted octanol–water partition coefficient (Wildman–Crippen LogP) is 2.33. The Kier molecular flexibility index (Phi) is 4.12. The van der Waals surface area contributed by atoms with Crippen molar-refractivity contribution in [1.82, 2.24) is 19.6 Å². The average Bonchev–Trinajstić information content (AvgIpc) is 2.82. The molecule has 7 heteroatoms. The van der Waals surface area contributed by atoms with Crippen LogP contribution >= 0.6 is 15.9 Å². The van der Waals surface area contributed by atoms with Crippen molar-refractivity contribution >= 4 is 27.7 Å². The number of imidazole rings is 1. The Bertz CT molecular complexity index is 657. The molecule has 1 aliphatic heterocycles. The molecule has 0 saturated carbocycles. The second-order valence-electron chi connectivity index (χ2n) is 5.34. The number of nitrogens with zero attached hydrogens (tertiary/aromatic N) is 3. The molecule has 2 aromatic rings. The maximum Gasteiger partial charge on any atom is 0.404 e. The first-order chi connectivity index (χ1) is 10.1. The van der Waals surface area contributed by atoms with Gasteiger partial charge in [-0.1, -0.05) is 0 Å². The first-order valence-electron chi connectivity index (χ1n) is 6.96. The van der Waals surface area contributed by atoms with Crippen LogP contribution in [0.1, 0.15) is 18.5 Å². The fraction of sp³-hybridized carbons (Fsp3) is 0.429. The van der Waals surface area contributed by atoms with Crippen molar-refractivity contribution < 1.29 is 9.90 Å². The number of carboxylic acid groups (broad SMARTS) is 1. The highest BCUT2D eigenvalue weighted by Crippen LogP contribution is 2.19. The third-order valence-corrected chi connectivity index (χ3v) is 4.32. The summed E-state index contributed by atoms with van der Waals surface area (Å²) in [7, 11) is 0. The standard InChI is InChI=1S/C14H17BrN4O2/c15-12-4-2-6-19-9-11(16-13(12)19)8-18-5-1-3-10(7-18)17-14(20)21/h2,4,6,9-10,17H,1,3,5,7-8H2,(H,20,21)/t10-/m1/s1. The molecular formula is C14H17BrN4O2. The van der Waals surface area contributed by atoms with E-state index in [2.05, 4.69) is 31.1 Å². The molecule has 6 nitrogen and oxygen atoms in total. The molecule has 21 heavy (non-hydrogen) atoms. The molecule has 3 heterocycles. The Morgan fingerprint density at radius 1 is 1.57 bits per heavy atom. The van der Waals surface area contributed by atoms with E-state index in [1.165, 1.54) is 0 Å². The Balaban J connectivity index is 1.70. The fourth-order valence-corrected chi connectivity index (χ4v) is 3.27. The summed E-state index contributed by atoms with van der Waals surface area (Å²) in [5.74, 6) is 0. The lowest BCUT2D eigenvalue weighted by atomic mass is 10.1. The second-order valence-corrected chi connectivity index (χ2v) is 6.20. The molecule has 1 amide bonds. The van der Waals surface area contributed by atoms with E-state index in [-0.39, 0.29) is 6.04 Å². The van der Waals surface area contributed by atoms with Crippen molar-refractivity contribution in [2.75, 3.05) is 13.1 Å². The summed E-state index contributed by atoms with van der Waals surface area (Å²) in [6.45, 7) is 2.46. The number of hydrogen-bond acceptors (Lipinski definition) is 3. The van der Waals surface area contributed by atoms with E-state index in [1.807, 2.05) is 28.9 Å². The Hall–Kier alpha value is -1.60. The van der Waals surface area contributed by atoms with Gasteiger partial charge in [0.25, 0.3) is 0 Å². The smallest absolute Gasteiger partial charge is 0.404 e. The van der Waals surface area contributed by atoms with E-state index in [4.69, 9.17) is 5.11 Å². The third kappa shape index (κ3) is 3.36.